The van der Waals surface area contributed by atoms with Gasteiger partial charge >= 0.3 is 6.03 Å². The molecule has 2 saturated heterocycles. The lowest BCUT2D eigenvalue weighted by atomic mass is 9.89. The van der Waals surface area contributed by atoms with Crippen LogP contribution in [0.15, 0.2) is 0 Å². The lowest BCUT2D eigenvalue weighted by Gasteiger charge is -2.38. The Labute approximate surface area is 125 Å². The number of hydrogen-bond donors (Lipinski definition) is 0. The molecule has 6 heteroatoms. The molecule has 1 saturated carbocycles. The van der Waals surface area contributed by atoms with Crippen LogP contribution >= 0.6 is 0 Å². The van der Waals surface area contributed by atoms with Crippen molar-refractivity contribution in [1.82, 2.24) is 9.80 Å². The smallest absolute Gasteiger partial charge is 0.327 e. The Balaban J connectivity index is 1.62. The average Bonchev–Trinajstić information content (AvgIpc) is 2.98. The van der Waals surface area contributed by atoms with Crippen LogP contribution in [0.3, 0.4) is 0 Å². The van der Waals surface area contributed by atoms with Crippen LogP contribution in [0.1, 0.15) is 39.5 Å². The largest absolute Gasteiger partial charge is 0.348 e. The zero-order valence-electron chi connectivity index (χ0n) is 12.8. The van der Waals surface area contributed by atoms with Crippen LogP contribution in [-0.2, 0) is 14.3 Å². The van der Waals surface area contributed by atoms with Crippen LogP contribution in [0.2, 0.25) is 0 Å². The molecule has 2 aliphatic heterocycles. The van der Waals surface area contributed by atoms with Crippen molar-refractivity contribution in [2.75, 3.05) is 26.3 Å². The van der Waals surface area contributed by atoms with Crippen molar-refractivity contribution in [3.8, 4) is 0 Å². The fourth-order valence-corrected chi connectivity index (χ4v) is 3.60. The Morgan fingerprint density at radius 2 is 1.81 bits per heavy atom. The zero-order chi connectivity index (χ0) is 15.0. The molecule has 3 rings (SSSR count). The Bertz CT molecular complexity index is 421. The molecule has 0 unspecified atom stereocenters. The summed E-state index contributed by atoms with van der Waals surface area (Å²) in [6.45, 7) is 6.28. The molecule has 3 amide bonds. The summed E-state index contributed by atoms with van der Waals surface area (Å²) in [6.07, 6.45) is 3.07. The molecule has 21 heavy (non-hydrogen) atoms. The summed E-state index contributed by atoms with van der Waals surface area (Å²) >= 11 is 0. The van der Waals surface area contributed by atoms with Gasteiger partial charge in [0.05, 0.1) is 13.2 Å². The average molecular weight is 296 g/mol. The van der Waals surface area contributed by atoms with E-state index in [0.717, 1.165) is 25.7 Å². The minimum Gasteiger partial charge on any atom is -0.348 e. The number of carbonyl (C=O) groups is 2. The summed E-state index contributed by atoms with van der Waals surface area (Å²) in [6, 6.07) is -0.122. The van der Waals surface area contributed by atoms with E-state index < -0.39 is 5.79 Å². The van der Waals surface area contributed by atoms with Gasteiger partial charge in [-0.1, -0.05) is 13.8 Å². The monoisotopic (exact) mass is 296 g/mol. The van der Waals surface area contributed by atoms with E-state index in [2.05, 4.69) is 13.8 Å². The van der Waals surface area contributed by atoms with Gasteiger partial charge in [-0.05, 0) is 18.8 Å². The van der Waals surface area contributed by atoms with Crippen molar-refractivity contribution in [2.45, 2.75) is 51.4 Å². The molecule has 0 aromatic heterocycles. The first-order valence-electron chi connectivity index (χ1n) is 7.90. The van der Waals surface area contributed by atoms with Gasteiger partial charge in [-0.25, -0.2) is 4.79 Å². The van der Waals surface area contributed by atoms with E-state index in [0.29, 0.717) is 25.7 Å². The summed E-state index contributed by atoms with van der Waals surface area (Å²) in [5.41, 5.74) is 0. The van der Waals surface area contributed by atoms with Crippen molar-refractivity contribution in [3.05, 3.63) is 0 Å². The predicted octanol–water partition coefficient (Wildman–Crippen LogP) is 1.59. The van der Waals surface area contributed by atoms with E-state index in [1.807, 2.05) is 0 Å². The first-order valence-corrected chi connectivity index (χ1v) is 7.90. The molecule has 0 aromatic carbocycles. The zero-order valence-corrected chi connectivity index (χ0v) is 12.8. The highest BCUT2D eigenvalue weighted by atomic mass is 16.7. The molecule has 3 aliphatic rings. The van der Waals surface area contributed by atoms with Gasteiger partial charge in [0.1, 0.15) is 6.54 Å². The van der Waals surface area contributed by atoms with E-state index in [1.54, 1.807) is 4.90 Å². The van der Waals surface area contributed by atoms with Gasteiger partial charge in [0, 0.05) is 25.4 Å². The van der Waals surface area contributed by atoms with Crippen LogP contribution < -0.4 is 0 Å². The molecule has 6 nitrogen and oxygen atoms in total. The van der Waals surface area contributed by atoms with E-state index >= 15 is 0 Å². The van der Waals surface area contributed by atoms with E-state index in [9.17, 15) is 9.59 Å². The van der Waals surface area contributed by atoms with E-state index in [-0.39, 0.29) is 24.5 Å². The summed E-state index contributed by atoms with van der Waals surface area (Å²) in [5, 5.41) is 0. The number of rotatable bonds is 3. The molecule has 118 valence electrons. The second-order valence-electron chi connectivity index (χ2n) is 6.66. The lowest BCUT2D eigenvalue weighted by molar-refractivity contribution is -0.183. The number of carbonyl (C=O) groups excluding carboxylic acids is 2. The number of imide groups is 1. The SMILES string of the molecule is CC(C)CN1CC(=O)N(C2CCC3(CC2)OCCO3)C1=O. The molecule has 1 aliphatic carbocycles. The van der Waals surface area contributed by atoms with E-state index in [1.165, 1.54) is 4.90 Å². The number of ether oxygens (including phenoxy) is 2. The molecule has 2 heterocycles. The normalized spacial score (nSPS) is 26.6. The van der Waals surface area contributed by atoms with Crippen molar-refractivity contribution in [3.63, 3.8) is 0 Å². The van der Waals surface area contributed by atoms with Crippen LogP contribution in [0.4, 0.5) is 4.79 Å². The summed E-state index contributed by atoms with van der Waals surface area (Å²) in [5.74, 6) is -0.133. The predicted molar refractivity (Wildman–Crippen MR) is 75.5 cm³/mol. The third-order valence-corrected chi connectivity index (χ3v) is 4.55. The Morgan fingerprint density at radius 3 is 2.38 bits per heavy atom. The summed E-state index contributed by atoms with van der Waals surface area (Å²) in [7, 11) is 0. The topological polar surface area (TPSA) is 59.1 Å². The van der Waals surface area contributed by atoms with Crippen LogP contribution in [0.25, 0.3) is 0 Å². The number of amides is 3. The van der Waals surface area contributed by atoms with Crippen LogP contribution in [0.5, 0.6) is 0 Å². The molecule has 0 radical (unpaired) electrons. The van der Waals surface area contributed by atoms with Crippen molar-refractivity contribution < 1.29 is 19.1 Å². The molecule has 0 aromatic rings. The second-order valence-corrected chi connectivity index (χ2v) is 6.66. The third-order valence-electron chi connectivity index (χ3n) is 4.55. The van der Waals surface area contributed by atoms with Gasteiger partial charge in [-0.3, -0.25) is 9.69 Å². The van der Waals surface area contributed by atoms with Gasteiger partial charge in [-0.15, -0.1) is 0 Å². The third kappa shape index (κ3) is 2.79. The van der Waals surface area contributed by atoms with Gasteiger partial charge in [0.15, 0.2) is 5.79 Å². The first kappa shape index (κ1) is 14.8. The van der Waals surface area contributed by atoms with Crippen LogP contribution in [-0.4, -0.2) is 59.9 Å². The fraction of sp³-hybridized carbons (Fsp3) is 0.867. The maximum Gasteiger partial charge on any atom is 0.327 e. The standard InChI is InChI=1S/C15H24N2O4/c1-11(2)9-16-10-13(18)17(14(16)19)12-3-5-15(6-4-12)20-7-8-21-15/h11-12H,3-10H2,1-2H3. The molecular formula is C15H24N2O4. The molecule has 0 atom stereocenters. The van der Waals surface area contributed by atoms with Gasteiger partial charge < -0.3 is 14.4 Å². The fourth-order valence-electron chi connectivity index (χ4n) is 3.60. The van der Waals surface area contributed by atoms with Crippen molar-refractivity contribution in [2.24, 2.45) is 5.92 Å². The molecular weight excluding hydrogens is 272 g/mol. The highest BCUT2D eigenvalue weighted by molar-refractivity contribution is 6.02. The summed E-state index contributed by atoms with van der Waals surface area (Å²) < 4.78 is 11.4. The minimum atomic E-state index is -0.445. The maximum atomic E-state index is 12.4. The van der Waals surface area contributed by atoms with Gasteiger partial charge in [0.2, 0.25) is 0 Å². The molecule has 1 spiro atoms. The molecule has 3 fully saturated rings. The van der Waals surface area contributed by atoms with Crippen molar-refractivity contribution >= 4 is 11.9 Å². The Hall–Kier alpha value is -1.14. The summed E-state index contributed by atoms with van der Waals surface area (Å²) in [4.78, 5) is 27.8. The van der Waals surface area contributed by atoms with E-state index in [4.69, 9.17) is 9.47 Å². The highest BCUT2D eigenvalue weighted by Gasteiger charge is 2.46. The number of hydrogen-bond acceptors (Lipinski definition) is 4. The Kier molecular flexibility index (Phi) is 3.92. The first-order chi connectivity index (χ1) is 10.0. The quantitative estimate of drug-likeness (QED) is 0.742. The number of nitrogens with zero attached hydrogens (tertiary/aromatic N) is 2. The lowest BCUT2D eigenvalue weighted by Crippen LogP contribution is -2.47. The molecule has 0 bridgehead atoms. The van der Waals surface area contributed by atoms with Crippen molar-refractivity contribution in [1.29, 1.82) is 0 Å². The van der Waals surface area contributed by atoms with Crippen LogP contribution in [0, 0.1) is 5.92 Å². The highest BCUT2D eigenvalue weighted by Crippen LogP contribution is 2.38. The van der Waals surface area contributed by atoms with Gasteiger partial charge in [0.25, 0.3) is 5.91 Å². The number of urea groups is 1. The minimum absolute atomic E-state index is 0.000544. The second kappa shape index (κ2) is 5.57. The Morgan fingerprint density at radius 1 is 1.19 bits per heavy atom. The molecule has 0 N–H and O–H groups in total. The van der Waals surface area contributed by atoms with Gasteiger partial charge in [-0.2, -0.15) is 0 Å². The maximum absolute atomic E-state index is 12.4.